The van der Waals surface area contributed by atoms with E-state index >= 15 is 0 Å². The van der Waals surface area contributed by atoms with Gasteiger partial charge in [-0.25, -0.2) is 9.18 Å². The first-order valence-electron chi connectivity index (χ1n) is 9.33. The summed E-state index contributed by atoms with van der Waals surface area (Å²) in [7, 11) is 1.37. The van der Waals surface area contributed by atoms with E-state index in [0.29, 0.717) is 17.0 Å². The molecule has 0 aromatic heterocycles. The highest BCUT2D eigenvalue weighted by molar-refractivity contribution is 8.15. The van der Waals surface area contributed by atoms with Crippen LogP contribution in [0.4, 0.5) is 10.1 Å². The lowest BCUT2D eigenvalue weighted by Crippen LogP contribution is -2.41. The van der Waals surface area contributed by atoms with Gasteiger partial charge < -0.3 is 20.5 Å². The van der Waals surface area contributed by atoms with Gasteiger partial charge in [-0.15, -0.1) is 5.10 Å². The summed E-state index contributed by atoms with van der Waals surface area (Å²) in [5, 5.41) is 21.5. The number of ether oxygens (including phenoxy) is 1. The fourth-order valence-corrected chi connectivity index (χ4v) is 3.66. The van der Waals surface area contributed by atoms with Crippen LogP contribution in [-0.4, -0.2) is 46.1 Å². The second-order valence-electron chi connectivity index (χ2n) is 6.67. The van der Waals surface area contributed by atoms with Gasteiger partial charge in [0.2, 0.25) is 11.8 Å². The zero-order valence-electron chi connectivity index (χ0n) is 17.1. The number of carboxylic acids is 1. The van der Waals surface area contributed by atoms with Crippen molar-refractivity contribution in [3.63, 3.8) is 0 Å². The Hall–Kier alpha value is -3.73. The van der Waals surface area contributed by atoms with Crippen molar-refractivity contribution in [2.24, 2.45) is 10.2 Å². The van der Waals surface area contributed by atoms with Crippen molar-refractivity contribution < 1.29 is 28.6 Å². The van der Waals surface area contributed by atoms with Crippen LogP contribution in [0.25, 0.3) is 0 Å². The third-order valence-electron chi connectivity index (χ3n) is 4.42. The van der Waals surface area contributed by atoms with E-state index in [9.17, 15) is 18.8 Å². The van der Waals surface area contributed by atoms with Crippen LogP contribution in [0.3, 0.4) is 0 Å². The molecule has 9 nitrogen and oxygen atoms in total. The summed E-state index contributed by atoms with van der Waals surface area (Å²) in [4.78, 5) is 35.5. The minimum absolute atomic E-state index is 0.0604. The molecule has 0 radical (unpaired) electrons. The summed E-state index contributed by atoms with van der Waals surface area (Å²) in [6.07, 6.45) is -0.0604. The van der Waals surface area contributed by atoms with Gasteiger partial charge in [-0.2, -0.15) is 5.10 Å². The molecule has 11 heteroatoms. The first-order chi connectivity index (χ1) is 15.3. The largest absolute Gasteiger partial charge is 0.494 e. The van der Waals surface area contributed by atoms with Gasteiger partial charge >= 0.3 is 5.97 Å². The second-order valence-corrected chi connectivity index (χ2v) is 7.86. The third-order valence-corrected chi connectivity index (χ3v) is 5.50. The number of amides is 2. The maximum Gasteiger partial charge on any atom is 0.335 e. The van der Waals surface area contributed by atoms with Gasteiger partial charge in [0.1, 0.15) is 5.25 Å². The number of hydrogen-bond donors (Lipinski definition) is 3. The highest BCUT2D eigenvalue weighted by Crippen LogP contribution is 2.23. The van der Waals surface area contributed by atoms with Crippen molar-refractivity contribution in [3.05, 3.63) is 59.4 Å². The van der Waals surface area contributed by atoms with Crippen LogP contribution in [0.15, 0.2) is 52.7 Å². The van der Waals surface area contributed by atoms with E-state index in [2.05, 4.69) is 20.8 Å². The van der Waals surface area contributed by atoms with Crippen molar-refractivity contribution in [1.29, 1.82) is 0 Å². The molecular weight excluding hydrogens is 439 g/mol. The summed E-state index contributed by atoms with van der Waals surface area (Å²) < 4.78 is 18.8. The van der Waals surface area contributed by atoms with Crippen molar-refractivity contribution in [2.75, 3.05) is 12.4 Å². The number of benzene rings is 2. The van der Waals surface area contributed by atoms with E-state index in [-0.39, 0.29) is 22.9 Å². The Morgan fingerprint density at radius 3 is 2.53 bits per heavy atom. The Balaban J connectivity index is 1.69. The van der Waals surface area contributed by atoms with E-state index in [0.717, 1.165) is 11.8 Å². The molecule has 1 aliphatic rings. The van der Waals surface area contributed by atoms with E-state index in [1.54, 1.807) is 13.0 Å². The van der Waals surface area contributed by atoms with Crippen LogP contribution >= 0.6 is 11.8 Å². The smallest absolute Gasteiger partial charge is 0.335 e. The van der Waals surface area contributed by atoms with Gasteiger partial charge in [-0.3, -0.25) is 9.59 Å². The summed E-state index contributed by atoms with van der Waals surface area (Å²) in [5.41, 5.74) is 1.38. The quantitative estimate of drug-likeness (QED) is 0.451. The zero-order valence-corrected chi connectivity index (χ0v) is 17.9. The van der Waals surface area contributed by atoms with Crippen LogP contribution in [0, 0.1) is 5.82 Å². The van der Waals surface area contributed by atoms with Crippen LogP contribution in [0.5, 0.6) is 5.75 Å². The van der Waals surface area contributed by atoms with Crippen LogP contribution in [0.2, 0.25) is 0 Å². The molecule has 0 spiro atoms. The van der Waals surface area contributed by atoms with Crippen molar-refractivity contribution in [3.8, 4) is 5.75 Å². The molecule has 0 saturated carbocycles. The molecule has 166 valence electrons. The monoisotopic (exact) mass is 458 g/mol. The number of anilines is 1. The molecule has 3 rings (SSSR count). The topological polar surface area (TPSA) is 129 Å². The Bertz CT molecular complexity index is 1120. The fraction of sp³-hybridized carbons (Fsp3) is 0.190. The number of halogens is 1. The molecule has 1 fully saturated rings. The number of carbonyl (C=O) groups excluding carboxylic acids is 2. The Morgan fingerprint density at radius 2 is 1.91 bits per heavy atom. The molecule has 1 atom stereocenters. The predicted molar refractivity (Wildman–Crippen MR) is 119 cm³/mol. The average Bonchev–Trinajstić information content (AvgIpc) is 2.77. The Labute approximate surface area is 186 Å². The molecular formula is C21H19FN4O5S. The van der Waals surface area contributed by atoms with Gasteiger partial charge in [0.05, 0.1) is 18.4 Å². The first kappa shape index (κ1) is 22.9. The van der Waals surface area contributed by atoms with Crippen LogP contribution in [0.1, 0.15) is 29.3 Å². The lowest BCUT2D eigenvalue weighted by Gasteiger charge is -2.21. The van der Waals surface area contributed by atoms with E-state index < -0.39 is 28.9 Å². The SMILES string of the molecule is COc1ccc(/C(C)=N\N=C2\NC(=O)C[C@@H](C(=O)Nc3ccc(C(=O)O)cc3)S2)cc1F. The molecule has 32 heavy (non-hydrogen) atoms. The summed E-state index contributed by atoms with van der Waals surface area (Å²) in [6, 6.07) is 10.0. The van der Waals surface area contributed by atoms with Gasteiger partial charge in [0.25, 0.3) is 0 Å². The zero-order chi connectivity index (χ0) is 23.3. The van der Waals surface area contributed by atoms with Crippen molar-refractivity contribution in [2.45, 2.75) is 18.6 Å². The molecule has 0 unspecified atom stereocenters. The minimum Gasteiger partial charge on any atom is -0.494 e. The van der Waals surface area contributed by atoms with Gasteiger partial charge in [0.15, 0.2) is 16.7 Å². The Kier molecular flexibility index (Phi) is 7.21. The molecule has 2 amide bonds. The van der Waals surface area contributed by atoms with Crippen molar-refractivity contribution >= 4 is 46.1 Å². The number of nitrogens with zero attached hydrogens (tertiary/aromatic N) is 2. The van der Waals surface area contributed by atoms with E-state index in [4.69, 9.17) is 9.84 Å². The average molecular weight is 458 g/mol. The lowest BCUT2D eigenvalue weighted by molar-refractivity contribution is -0.123. The highest BCUT2D eigenvalue weighted by atomic mass is 32.2. The van der Waals surface area contributed by atoms with E-state index in [1.807, 2.05) is 0 Å². The summed E-state index contributed by atoms with van der Waals surface area (Å²) >= 11 is 1.03. The van der Waals surface area contributed by atoms with Gasteiger partial charge in [-0.05, 0) is 49.4 Å². The molecule has 2 aromatic rings. The second kappa shape index (κ2) is 10.1. The van der Waals surface area contributed by atoms with Gasteiger partial charge in [0, 0.05) is 17.7 Å². The molecule has 1 aliphatic heterocycles. The molecule has 1 saturated heterocycles. The first-order valence-corrected chi connectivity index (χ1v) is 10.2. The maximum atomic E-state index is 13.9. The highest BCUT2D eigenvalue weighted by Gasteiger charge is 2.30. The number of aromatic carboxylic acids is 1. The normalized spacial score (nSPS) is 17.6. The number of rotatable bonds is 6. The van der Waals surface area contributed by atoms with Crippen LogP contribution in [-0.2, 0) is 9.59 Å². The lowest BCUT2D eigenvalue weighted by atomic mass is 10.1. The number of nitrogens with one attached hydrogen (secondary N) is 2. The number of carboxylic acid groups (broad SMARTS) is 1. The Morgan fingerprint density at radius 1 is 1.22 bits per heavy atom. The number of amidine groups is 1. The van der Waals surface area contributed by atoms with Crippen molar-refractivity contribution in [1.82, 2.24) is 5.32 Å². The summed E-state index contributed by atoms with van der Waals surface area (Å²) in [5.74, 6) is -2.34. The fourth-order valence-electron chi connectivity index (χ4n) is 2.73. The third kappa shape index (κ3) is 5.70. The van der Waals surface area contributed by atoms with Crippen LogP contribution < -0.4 is 15.4 Å². The summed E-state index contributed by atoms with van der Waals surface area (Å²) in [6.45, 7) is 1.63. The number of thioether (sulfide) groups is 1. The molecule has 3 N–H and O–H groups in total. The number of hydrogen-bond acceptors (Lipinski definition) is 7. The van der Waals surface area contributed by atoms with Gasteiger partial charge in [-0.1, -0.05) is 11.8 Å². The standard InChI is InChI=1S/C21H19FN4O5S/c1-11(13-5-8-16(31-2)15(22)9-13)25-26-21-24-18(27)10-17(32-21)19(28)23-14-6-3-12(4-7-14)20(29)30/h3-9,17H,10H2,1-2H3,(H,23,28)(H,29,30)(H,24,26,27)/b25-11-/t17-/m0/s1. The maximum absolute atomic E-state index is 13.9. The minimum atomic E-state index is -1.07. The molecule has 1 heterocycles. The number of carbonyl (C=O) groups is 3. The predicted octanol–water partition coefficient (Wildman–Crippen LogP) is 2.87. The molecule has 0 bridgehead atoms. The molecule has 2 aromatic carbocycles. The van der Waals surface area contributed by atoms with E-state index in [1.165, 1.54) is 43.5 Å². The molecule has 0 aliphatic carbocycles. The number of methoxy groups -OCH3 is 1.